The van der Waals surface area contributed by atoms with Crippen LogP contribution in [-0.2, 0) is 6.54 Å². The number of nitrogens with one attached hydrogen (secondary N) is 1. The number of pyridine rings is 1. The third-order valence-electron chi connectivity index (χ3n) is 4.04. The lowest BCUT2D eigenvalue weighted by Gasteiger charge is -2.36. The molecule has 3 fully saturated rings. The van der Waals surface area contributed by atoms with E-state index in [0.29, 0.717) is 16.1 Å². The van der Waals surface area contributed by atoms with Crippen molar-refractivity contribution in [2.24, 2.45) is 5.92 Å². The van der Waals surface area contributed by atoms with Crippen LogP contribution < -0.4 is 5.32 Å². The monoisotopic (exact) mass is 357 g/mol. The van der Waals surface area contributed by atoms with Crippen molar-refractivity contribution in [1.29, 1.82) is 0 Å². The molecule has 3 saturated heterocycles. The topological polar surface area (TPSA) is 28.2 Å². The summed E-state index contributed by atoms with van der Waals surface area (Å²) in [6, 6.07) is 0.615. The van der Waals surface area contributed by atoms with Crippen LogP contribution in [0.1, 0.15) is 18.4 Å². The highest BCUT2D eigenvalue weighted by Gasteiger charge is 2.31. The SMILES string of the molecule is Cl.Cl.Clc1cncc(Cl)c1CN1C[C@@H]2CC[C@H]1CNC2. The minimum absolute atomic E-state index is 0. The van der Waals surface area contributed by atoms with Crippen molar-refractivity contribution in [2.75, 3.05) is 19.6 Å². The first kappa shape index (κ1) is 18.3. The molecule has 2 atom stereocenters. The van der Waals surface area contributed by atoms with Gasteiger partial charge in [0, 0.05) is 43.6 Å². The van der Waals surface area contributed by atoms with Crippen LogP contribution in [0, 0.1) is 5.92 Å². The number of fused-ring (bicyclic) bond motifs is 4. The highest BCUT2D eigenvalue weighted by molar-refractivity contribution is 6.35. The highest BCUT2D eigenvalue weighted by Crippen LogP contribution is 2.30. The molecule has 2 bridgehead atoms. The molecule has 114 valence electrons. The van der Waals surface area contributed by atoms with Gasteiger partial charge in [-0.3, -0.25) is 9.88 Å². The Morgan fingerprint density at radius 2 is 1.85 bits per heavy atom. The molecule has 0 amide bonds. The summed E-state index contributed by atoms with van der Waals surface area (Å²) in [6.45, 7) is 4.21. The van der Waals surface area contributed by atoms with Gasteiger partial charge in [-0.15, -0.1) is 24.8 Å². The lowest BCUT2D eigenvalue weighted by atomic mass is 9.94. The molecular weight excluding hydrogens is 340 g/mol. The second-order valence-electron chi connectivity index (χ2n) is 5.27. The fourth-order valence-corrected chi connectivity index (χ4v) is 3.50. The summed E-state index contributed by atoms with van der Waals surface area (Å²) in [7, 11) is 0. The summed E-state index contributed by atoms with van der Waals surface area (Å²) in [5.41, 5.74) is 1.01. The molecule has 4 heterocycles. The van der Waals surface area contributed by atoms with E-state index in [1.807, 2.05) is 0 Å². The zero-order valence-corrected chi connectivity index (χ0v) is 14.2. The van der Waals surface area contributed by atoms with E-state index in [9.17, 15) is 0 Å². The van der Waals surface area contributed by atoms with Crippen molar-refractivity contribution in [1.82, 2.24) is 15.2 Å². The number of piperidine rings is 1. The van der Waals surface area contributed by atoms with Crippen molar-refractivity contribution < 1.29 is 0 Å². The molecule has 3 nitrogen and oxygen atoms in total. The zero-order valence-electron chi connectivity index (χ0n) is 11.0. The maximum Gasteiger partial charge on any atom is 0.0649 e. The molecule has 20 heavy (non-hydrogen) atoms. The Balaban J connectivity index is 0.000001000. The molecule has 0 spiro atoms. The van der Waals surface area contributed by atoms with Gasteiger partial charge in [0.2, 0.25) is 0 Å². The molecule has 1 N–H and O–H groups in total. The molecule has 7 heteroatoms. The first-order valence-corrected chi connectivity index (χ1v) is 7.22. The van der Waals surface area contributed by atoms with Gasteiger partial charge in [-0.1, -0.05) is 23.2 Å². The summed E-state index contributed by atoms with van der Waals surface area (Å²) in [6.07, 6.45) is 5.97. The Morgan fingerprint density at radius 1 is 1.15 bits per heavy atom. The molecule has 3 aliphatic rings. The van der Waals surface area contributed by atoms with Gasteiger partial charge in [0.1, 0.15) is 0 Å². The lowest BCUT2D eigenvalue weighted by Crippen LogP contribution is -2.43. The Kier molecular flexibility index (Phi) is 7.33. The average Bonchev–Trinajstić information content (AvgIpc) is 2.69. The summed E-state index contributed by atoms with van der Waals surface area (Å²) in [4.78, 5) is 6.52. The predicted molar refractivity (Wildman–Crippen MR) is 88.5 cm³/mol. The van der Waals surface area contributed by atoms with E-state index >= 15 is 0 Å². The van der Waals surface area contributed by atoms with Gasteiger partial charge in [0.15, 0.2) is 0 Å². The van der Waals surface area contributed by atoms with Gasteiger partial charge < -0.3 is 5.32 Å². The first-order chi connectivity index (χ1) is 8.74. The molecule has 4 rings (SSSR count). The first-order valence-electron chi connectivity index (χ1n) is 6.46. The number of hydrogen-bond acceptors (Lipinski definition) is 3. The van der Waals surface area contributed by atoms with Crippen LogP contribution in [0.15, 0.2) is 12.4 Å². The smallest absolute Gasteiger partial charge is 0.0649 e. The molecule has 1 aromatic heterocycles. The van der Waals surface area contributed by atoms with Gasteiger partial charge in [-0.2, -0.15) is 0 Å². The molecule has 1 aromatic rings. The summed E-state index contributed by atoms with van der Waals surface area (Å²) in [5, 5.41) is 4.89. The number of nitrogens with zero attached hydrogens (tertiary/aromatic N) is 2. The number of rotatable bonds is 2. The highest BCUT2D eigenvalue weighted by atomic mass is 35.5. The third-order valence-corrected chi connectivity index (χ3v) is 4.70. The van der Waals surface area contributed by atoms with Gasteiger partial charge in [0.05, 0.1) is 10.0 Å². The Hall–Kier alpha value is 0.230. The van der Waals surface area contributed by atoms with E-state index < -0.39 is 0 Å². The maximum atomic E-state index is 6.20. The van der Waals surface area contributed by atoms with Crippen molar-refractivity contribution in [2.45, 2.75) is 25.4 Å². The van der Waals surface area contributed by atoms with E-state index in [1.165, 1.54) is 12.8 Å². The van der Waals surface area contributed by atoms with E-state index in [0.717, 1.165) is 37.7 Å². The summed E-state index contributed by atoms with van der Waals surface area (Å²) < 4.78 is 0. The van der Waals surface area contributed by atoms with E-state index in [-0.39, 0.29) is 24.8 Å². The number of aromatic nitrogens is 1. The fraction of sp³-hybridized carbons (Fsp3) is 0.615. The van der Waals surface area contributed by atoms with Crippen molar-refractivity contribution in [3.8, 4) is 0 Å². The van der Waals surface area contributed by atoms with E-state index in [1.54, 1.807) is 12.4 Å². The number of halogens is 4. The minimum Gasteiger partial charge on any atom is -0.315 e. The average molecular weight is 359 g/mol. The van der Waals surface area contributed by atoms with Gasteiger partial charge >= 0.3 is 0 Å². The van der Waals surface area contributed by atoms with E-state index in [4.69, 9.17) is 23.2 Å². The minimum atomic E-state index is 0. The summed E-state index contributed by atoms with van der Waals surface area (Å²) >= 11 is 12.4. The van der Waals surface area contributed by atoms with Crippen LogP contribution >= 0.6 is 48.0 Å². The molecule has 0 saturated carbocycles. The second kappa shape index (κ2) is 8.02. The predicted octanol–water partition coefficient (Wildman–Crippen LogP) is 3.42. The van der Waals surface area contributed by atoms with Crippen molar-refractivity contribution >= 4 is 48.0 Å². The quantitative estimate of drug-likeness (QED) is 0.877. The zero-order chi connectivity index (χ0) is 12.5. The van der Waals surface area contributed by atoms with Crippen LogP contribution in [-0.4, -0.2) is 35.6 Å². The molecule has 3 aliphatic heterocycles. The molecular formula is C13H19Cl4N3. The van der Waals surface area contributed by atoms with Crippen LogP contribution in [0.4, 0.5) is 0 Å². The Labute approximate surface area is 142 Å². The largest absolute Gasteiger partial charge is 0.315 e. The fourth-order valence-electron chi connectivity index (χ4n) is 3.02. The second-order valence-corrected chi connectivity index (χ2v) is 6.08. The lowest BCUT2D eigenvalue weighted by molar-refractivity contribution is 0.126. The van der Waals surface area contributed by atoms with Crippen LogP contribution in [0.25, 0.3) is 0 Å². The molecule has 0 aromatic carbocycles. The molecule has 0 radical (unpaired) electrons. The summed E-state index contributed by atoms with van der Waals surface area (Å²) in [5.74, 6) is 0.767. The van der Waals surface area contributed by atoms with E-state index in [2.05, 4.69) is 15.2 Å². The van der Waals surface area contributed by atoms with Crippen LogP contribution in [0.3, 0.4) is 0 Å². The van der Waals surface area contributed by atoms with Crippen molar-refractivity contribution in [3.05, 3.63) is 28.0 Å². The Morgan fingerprint density at radius 3 is 2.55 bits per heavy atom. The maximum absolute atomic E-state index is 6.20. The molecule has 0 aliphatic carbocycles. The standard InChI is InChI=1S/C13H17Cl2N3.2ClH/c14-12-5-17-6-13(15)11(12)8-18-7-9-1-2-10(18)4-16-3-9;;/h5-6,9-10,16H,1-4,7-8H2;2*1H/t9-,10+;;/m1../s1. The van der Waals surface area contributed by atoms with Gasteiger partial charge in [-0.05, 0) is 25.3 Å². The van der Waals surface area contributed by atoms with Crippen molar-refractivity contribution in [3.63, 3.8) is 0 Å². The van der Waals surface area contributed by atoms with Crippen LogP contribution in [0.2, 0.25) is 10.0 Å². The molecule has 0 unspecified atom stereocenters. The Bertz CT molecular complexity index is 419. The number of hydrogen-bond donors (Lipinski definition) is 1. The third kappa shape index (κ3) is 3.90. The van der Waals surface area contributed by atoms with Gasteiger partial charge in [-0.25, -0.2) is 0 Å². The van der Waals surface area contributed by atoms with Gasteiger partial charge in [0.25, 0.3) is 0 Å². The normalized spacial score (nSPS) is 25.5. The van der Waals surface area contributed by atoms with Crippen LogP contribution in [0.5, 0.6) is 0 Å².